The van der Waals surface area contributed by atoms with Crippen LogP contribution in [-0.2, 0) is 4.79 Å². The van der Waals surface area contributed by atoms with Gasteiger partial charge in [0.15, 0.2) is 6.10 Å². The first kappa shape index (κ1) is 16.6. The van der Waals surface area contributed by atoms with Crippen LogP contribution in [0, 0.1) is 5.92 Å². The van der Waals surface area contributed by atoms with Crippen LogP contribution in [0.15, 0.2) is 24.3 Å². The zero-order chi connectivity index (χ0) is 14.4. The van der Waals surface area contributed by atoms with Crippen molar-refractivity contribution >= 4 is 40.1 Å². The van der Waals surface area contributed by atoms with Gasteiger partial charge < -0.3 is 10.1 Å². The average Bonchev–Trinajstić information content (AvgIpc) is 2.35. The van der Waals surface area contributed by atoms with Crippen LogP contribution in [0.3, 0.4) is 0 Å². The fourth-order valence-corrected chi connectivity index (χ4v) is 2.90. The fraction of sp³-hybridized carbons (Fsp3) is 0.500. The molecule has 0 bridgehead atoms. The summed E-state index contributed by atoms with van der Waals surface area (Å²) in [5, 5.41) is 3.59. The lowest BCUT2D eigenvalue weighted by atomic mass is 10.1. The standard InChI is InChI=1S/C14H19ClINO2/c1-9(2)13(8-16)17-14(18)10(3)19-12-6-4-5-11(15)7-12/h4-7,9-10,13H,8H2,1-3H3,(H,17,18). The lowest BCUT2D eigenvalue weighted by Crippen LogP contribution is -2.45. The molecule has 106 valence electrons. The Bertz CT molecular complexity index is 426. The summed E-state index contributed by atoms with van der Waals surface area (Å²) >= 11 is 8.15. The molecule has 1 aromatic rings. The number of ether oxygens (including phenoxy) is 1. The summed E-state index contributed by atoms with van der Waals surface area (Å²) in [6, 6.07) is 7.21. The van der Waals surface area contributed by atoms with Crippen molar-refractivity contribution in [2.24, 2.45) is 5.92 Å². The van der Waals surface area contributed by atoms with E-state index in [9.17, 15) is 4.79 Å². The van der Waals surface area contributed by atoms with Crippen molar-refractivity contribution in [1.82, 2.24) is 5.32 Å². The largest absolute Gasteiger partial charge is 0.481 e. The Balaban J connectivity index is 2.57. The van der Waals surface area contributed by atoms with Gasteiger partial charge in [-0.2, -0.15) is 0 Å². The molecule has 1 amide bonds. The molecule has 0 saturated carbocycles. The quantitative estimate of drug-likeness (QED) is 0.589. The van der Waals surface area contributed by atoms with Crippen molar-refractivity contribution in [2.75, 3.05) is 4.43 Å². The number of halogens is 2. The van der Waals surface area contributed by atoms with Crippen LogP contribution in [0.2, 0.25) is 5.02 Å². The zero-order valence-corrected chi connectivity index (χ0v) is 14.2. The highest BCUT2D eigenvalue weighted by Crippen LogP contribution is 2.18. The number of carbonyl (C=O) groups is 1. The van der Waals surface area contributed by atoms with Gasteiger partial charge in [0.2, 0.25) is 0 Å². The molecule has 19 heavy (non-hydrogen) atoms. The second kappa shape index (κ2) is 7.94. The molecular formula is C14H19ClINO2. The molecule has 2 atom stereocenters. The van der Waals surface area contributed by atoms with E-state index in [0.717, 1.165) is 4.43 Å². The molecule has 0 aliphatic heterocycles. The summed E-state index contributed by atoms with van der Waals surface area (Å²) in [4.78, 5) is 12.0. The van der Waals surface area contributed by atoms with Crippen molar-refractivity contribution in [2.45, 2.75) is 32.9 Å². The smallest absolute Gasteiger partial charge is 0.261 e. The summed E-state index contributed by atoms with van der Waals surface area (Å²) < 4.78 is 6.46. The van der Waals surface area contributed by atoms with Gasteiger partial charge in [0, 0.05) is 15.5 Å². The molecule has 0 heterocycles. The second-order valence-corrected chi connectivity index (χ2v) is 6.05. The first-order valence-corrected chi connectivity index (χ1v) is 8.13. The first-order chi connectivity index (χ1) is 8.93. The monoisotopic (exact) mass is 395 g/mol. The molecule has 0 aliphatic carbocycles. The van der Waals surface area contributed by atoms with Gasteiger partial charge in [-0.25, -0.2) is 0 Å². The van der Waals surface area contributed by atoms with Crippen LogP contribution in [0.4, 0.5) is 0 Å². The van der Waals surface area contributed by atoms with Crippen LogP contribution >= 0.6 is 34.2 Å². The third-order valence-electron chi connectivity index (χ3n) is 2.78. The number of nitrogens with one attached hydrogen (secondary N) is 1. The molecule has 1 N–H and O–H groups in total. The van der Waals surface area contributed by atoms with Gasteiger partial charge in [-0.05, 0) is 31.0 Å². The minimum Gasteiger partial charge on any atom is -0.481 e. The minimum absolute atomic E-state index is 0.102. The normalized spacial score (nSPS) is 14.0. The van der Waals surface area contributed by atoms with E-state index in [4.69, 9.17) is 16.3 Å². The van der Waals surface area contributed by atoms with Crippen molar-refractivity contribution < 1.29 is 9.53 Å². The van der Waals surface area contributed by atoms with Gasteiger partial charge in [-0.15, -0.1) is 0 Å². The summed E-state index contributed by atoms with van der Waals surface area (Å²) in [7, 11) is 0. The topological polar surface area (TPSA) is 38.3 Å². The molecule has 0 radical (unpaired) electrons. The fourth-order valence-electron chi connectivity index (χ4n) is 1.48. The van der Waals surface area contributed by atoms with E-state index in [0.29, 0.717) is 16.7 Å². The molecule has 3 nitrogen and oxygen atoms in total. The van der Waals surface area contributed by atoms with E-state index in [2.05, 4.69) is 41.8 Å². The van der Waals surface area contributed by atoms with Crippen molar-refractivity contribution in [3.63, 3.8) is 0 Å². The number of benzene rings is 1. The number of alkyl halides is 1. The molecule has 0 aliphatic rings. The Hall–Kier alpha value is -0.490. The SMILES string of the molecule is CC(Oc1cccc(Cl)c1)C(=O)NC(CI)C(C)C. The van der Waals surface area contributed by atoms with E-state index in [1.54, 1.807) is 31.2 Å². The third-order valence-corrected chi connectivity index (χ3v) is 3.96. The van der Waals surface area contributed by atoms with Gasteiger partial charge in [0.25, 0.3) is 5.91 Å². The maximum atomic E-state index is 12.0. The summed E-state index contributed by atoms with van der Waals surface area (Å²) in [6.07, 6.45) is -0.539. The minimum atomic E-state index is -0.539. The maximum Gasteiger partial charge on any atom is 0.261 e. The van der Waals surface area contributed by atoms with E-state index >= 15 is 0 Å². The lowest BCUT2D eigenvalue weighted by Gasteiger charge is -2.22. The molecule has 5 heteroatoms. The van der Waals surface area contributed by atoms with Gasteiger partial charge in [-0.1, -0.05) is 54.1 Å². The van der Waals surface area contributed by atoms with E-state index < -0.39 is 6.10 Å². The zero-order valence-electron chi connectivity index (χ0n) is 11.3. The molecule has 2 unspecified atom stereocenters. The number of rotatable bonds is 6. The molecular weight excluding hydrogens is 377 g/mol. The Labute approximate surface area is 133 Å². The molecule has 1 aromatic carbocycles. The molecule has 0 fully saturated rings. The number of hydrogen-bond acceptors (Lipinski definition) is 2. The van der Waals surface area contributed by atoms with Crippen LogP contribution in [0.5, 0.6) is 5.75 Å². The molecule has 0 saturated heterocycles. The Morgan fingerprint density at radius 1 is 1.42 bits per heavy atom. The highest BCUT2D eigenvalue weighted by molar-refractivity contribution is 14.1. The van der Waals surface area contributed by atoms with E-state index in [-0.39, 0.29) is 11.9 Å². The highest BCUT2D eigenvalue weighted by Gasteiger charge is 2.20. The van der Waals surface area contributed by atoms with Crippen molar-refractivity contribution in [1.29, 1.82) is 0 Å². The highest BCUT2D eigenvalue weighted by atomic mass is 127. The number of hydrogen-bond donors (Lipinski definition) is 1. The van der Waals surface area contributed by atoms with Crippen molar-refractivity contribution in [3.8, 4) is 5.75 Å². The van der Waals surface area contributed by atoms with Gasteiger partial charge in [0.1, 0.15) is 5.75 Å². The summed E-state index contributed by atoms with van der Waals surface area (Å²) in [6.45, 7) is 5.92. The Kier molecular flexibility index (Phi) is 6.93. The van der Waals surface area contributed by atoms with E-state index in [1.807, 2.05) is 0 Å². The van der Waals surface area contributed by atoms with Crippen LogP contribution in [0.1, 0.15) is 20.8 Å². The van der Waals surface area contributed by atoms with Crippen LogP contribution in [-0.4, -0.2) is 22.5 Å². The maximum absolute atomic E-state index is 12.0. The predicted octanol–water partition coefficient (Wildman–Crippen LogP) is 3.68. The number of carbonyl (C=O) groups excluding carboxylic acids is 1. The van der Waals surface area contributed by atoms with Crippen LogP contribution < -0.4 is 10.1 Å². The Morgan fingerprint density at radius 3 is 2.63 bits per heavy atom. The van der Waals surface area contributed by atoms with Gasteiger partial charge >= 0.3 is 0 Å². The third kappa shape index (κ3) is 5.57. The number of amides is 1. The summed E-state index contributed by atoms with van der Waals surface area (Å²) in [5.41, 5.74) is 0. The van der Waals surface area contributed by atoms with Gasteiger partial charge in [-0.3, -0.25) is 4.79 Å². The van der Waals surface area contributed by atoms with Crippen LogP contribution in [0.25, 0.3) is 0 Å². The molecule has 0 aromatic heterocycles. The molecule has 1 rings (SSSR count). The predicted molar refractivity (Wildman–Crippen MR) is 87.2 cm³/mol. The lowest BCUT2D eigenvalue weighted by molar-refractivity contribution is -0.128. The second-order valence-electron chi connectivity index (χ2n) is 4.73. The van der Waals surface area contributed by atoms with E-state index in [1.165, 1.54) is 0 Å². The van der Waals surface area contributed by atoms with Gasteiger partial charge in [0.05, 0.1) is 0 Å². The summed E-state index contributed by atoms with van der Waals surface area (Å²) in [5.74, 6) is 0.903. The first-order valence-electron chi connectivity index (χ1n) is 6.22. The average molecular weight is 396 g/mol. The molecule has 0 spiro atoms. The Morgan fingerprint density at radius 2 is 2.11 bits per heavy atom. The van der Waals surface area contributed by atoms with Crippen molar-refractivity contribution in [3.05, 3.63) is 29.3 Å².